The van der Waals surface area contributed by atoms with Crippen LogP contribution in [0.3, 0.4) is 0 Å². The molecule has 0 unspecified atom stereocenters. The molecule has 1 heterocycles. The largest absolute Gasteiger partial charge is 0.507 e. The van der Waals surface area contributed by atoms with Gasteiger partial charge in [0.05, 0.1) is 32.4 Å². The van der Waals surface area contributed by atoms with Crippen molar-refractivity contribution < 1.29 is 29.3 Å². The number of carbonyl (C=O) groups excluding carboxylic acids is 2. The number of methoxy groups -OCH3 is 2. The zero-order chi connectivity index (χ0) is 21.1. The molecule has 0 radical (unpaired) electrons. The molecular weight excluding hydrogens is 374 g/mol. The quantitative estimate of drug-likeness (QED) is 0.442. The minimum atomic E-state index is -0.899. The molecule has 0 bridgehead atoms. The van der Waals surface area contributed by atoms with E-state index in [9.17, 15) is 19.8 Å². The second-order valence-electron chi connectivity index (χ2n) is 6.69. The van der Waals surface area contributed by atoms with Crippen LogP contribution in [-0.2, 0) is 9.59 Å². The molecule has 1 atom stereocenters. The van der Waals surface area contributed by atoms with Crippen LogP contribution in [0.1, 0.15) is 22.7 Å². The monoisotopic (exact) mass is 397 g/mol. The molecule has 7 heteroatoms. The Morgan fingerprint density at radius 2 is 1.76 bits per heavy atom. The van der Waals surface area contributed by atoms with Crippen LogP contribution >= 0.6 is 0 Å². The maximum atomic E-state index is 12.8. The Balaban J connectivity index is 2.23. The molecule has 152 valence electrons. The number of aliphatic hydroxyl groups is 2. The van der Waals surface area contributed by atoms with Crippen molar-refractivity contribution in [3.63, 3.8) is 0 Å². The molecule has 2 aromatic rings. The van der Waals surface area contributed by atoms with E-state index in [0.717, 1.165) is 5.56 Å². The summed E-state index contributed by atoms with van der Waals surface area (Å²) in [5.74, 6) is -0.918. The first-order valence-electron chi connectivity index (χ1n) is 9.11. The van der Waals surface area contributed by atoms with Gasteiger partial charge < -0.3 is 24.6 Å². The number of nitrogens with zero attached hydrogens (tertiary/aromatic N) is 1. The van der Waals surface area contributed by atoms with Crippen LogP contribution in [0.25, 0.3) is 5.76 Å². The Morgan fingerprint density at radius 1 is 1.07 bits per heavy atom. The standard InChI is InChI=1S/C22H23NO6/c1-13-4-6-14(7-5-13)20(25)18-19(23(10-11-24)22(27)21(18)26)16-9-8-15(28-2)12-17(16)29-3/h4-9,12,19,24-25H,10-11H2,1-3H3/t19-/m1/s1. The number of benzene rings is 2. The lowest BCUT2D eigenvalue weighted by atomic mass is 9.94. The predicted octanol–water partition coefficient (Wildman–Crippen LogP) is 2.43. The average molecular weight is 397 g/mol. The fourth-order valence-electron chi connectivity index (χ4n) is 3.45. The maximum Gasteiger partial charge on any atom is 0.295 e. The van der Waals surface area contributed by atoms with Crippen LogP contribution in [0.5, 0.6) is 11.5 Å². The van der Waals surface area contributed by atoms with Gasteiger partial charge in [-0.15, -0.1) is 0 Å². The van der Waals surface area contributed by atoms with Gasteiger partial charge in [0.1, 0.15) is 17.3 Å². The Hall–Kier alpha value is -3.32. The highest BCUT2D eigenvalue weighted by atomic mass is 16.5. The maximum absolute atomic E-state index is 12.8. The number of aryl methyl sites for hydroxylation is 1. The first kappa shape index (κ1) is 20.4. The zero-order valence-corrected chi connectivity index (χ0v) is 16.5. The third-order valence-corrected chi connectivity index (χ3v) is 4.94. The summed E-state index contributed by atoms with van der Waals surface area (Å²) in [4.78, 5) is 26.7. The van der Waals surface area contributed by atoms with Crippen molar-refractivity contribution in [2.45, 2.75) is 13.0 Å². The molecule has 29 heavy (non-hydrogen) atoms. The van der Waals surface area contributed by atoms with Gasteiger partial charge in [0.2, 0.25) is 0 Å². The van der Waals surface area contributed by atoms with Crippen LogP contribution in [0.2, 0.25) is 0 Å². The topological polar surface area (TPSA) is 96.3 Å². The molecule has 1 aliphatic heterocycles. The minimum absolute atomic E-state index is 0.0456. The summed E-state index contributed by atoms with van der Waals surface area (Å²) in [6, 6.07) is 11.1. The van der Waals surface area contributed by atoms with Gasteiger partial charge in [-0.05, 0) is 19.1 Å². The number of rotatable bonds is 6. The number of aliphatic hydroxyl groups excluding tert-OH is 2. The van der Waals surface area contributed by atoms with Crippen molar-refractivity contribution in [1.82, 2.24) is 4.90 Å². The summed E-state index contributed by atoms with van der Waals surface area (Å²) in [6.45, 7) is 1.52. The van der Waals surface area contributed by atoms with E-state index in [1.165, 1.54) is 19.1 Å². The molecule has 7 nitrogen and oxygen atoms in total. The number of β-amino-alcohol motifs (C(OH)–C–C–N with tert-alkyl or cyclic N) is 1. The van der Waals surface area contributed by atoms with E-state index < -0.39 is 17.7 Å². The van der Waals surface area contributed by atoms with Crippen molar-refractivity contribution in [3.05, 3.63) is 64.7 Å². The third kappa shape index (κ3) is 3.69. The molecule has 0 aromatic heterocycles. The van der Waals surface area contributed by atoms with Gasteiger partial charge in [-0.25, -0.2) is 0 Å². The normalized spacial score (nSPS) is 18.2. The highest BCUT2D eigenvalue weighted by molar-refractivity contribution is 6.46. The summed E-state index contributed by atoms with van der Waals surface area (Å²) in [6.07, 6.45) is 0. The Bertz CT molecular complexity index is 964. The van der Waals surface area contributed by atoms with E-state index in [0.29, 0.717) is 22.6 Å². The zero-order valence-electron chi connectivity index (χ0n) is 16.5. The molecule has 2 aromatic carbocycles. The fourth-order valence-corrected chi connectivity index (χ4v) is 3.45. The van der Waals surface area contributed by atoms with Crippen LogP contribution in [0.15, 0.2) is 48.0 Å². The molecular formula is C22H23NO6. The van der Waals surface area contributed by atoms with Gasteiger partial charge in [0.25, 0.3) is 11.7 Å². The van der Waals surface area contributed by atoms with Gasteiger partial charge in [-0.3, -0.25) is 9.59 Å². The second kappa shape index (κ2) is 8.36. The molecule has 1 saturated heterocycles. The first-order valence-corrected chi connectivity index (χ1v) is 9.11. The fraction of sp³-hybridized carbons (Fsp3) is 0.273. The lowest BCUT2D eigenvalue weighted by molar-refractivity contribution is -0.140. The molecule has 0 aliphatic carbocycles. The van der Waals surface area contributed by atoms with E-state index in [-0.39, 0.29) is 24.5 Å². The summed E-state index contributed by atoms with van der Waals surface area (Å²) in [5.41, 5.74) is 1.89. The Morgan fingerprint density at radius 3 is 2.34 bits per heavy atom. The number of ether oxygens (including phenoxy) is 2. The number of amides is 1. The predicted molar refractivity (Wildman–Crippen MR) is 107 cm³/mol. The van der Waals surface area contributed by atoms with E-state index in [2.05, 4.69) is 0 Å². The molecule has 0 spiro atoms. The second-order valence-corrected chi connectivity index (χ2v) is 6.69. The van der Waals surface area contributed by atoms with Gasteiger partial charge in [0, 0.05) is 23.7 Å². The third-order valence-electron chi connectivity index (χ3n) is 4.94. The van der Waals surface area contributed by atoms with E-state index in [1.54, 1.807) is 30.3 Å². The van der Waals surface area contributed by atoms with Crippen molar-refractivity contribution in [2.75, 3.05) is 27.4 Å². The van der Waals surface area contributed by atoms with Gasteiger partial charge >= 0.3 is 0 Å². The summed E-state index contributed by atoms with van der Waals surface area (Å²) >= 11 is 0. The molecule has 3 rings (SSSR count). The highest BCUT2D eigenvalue weighted by Crippen LogP contribution is 2.43. The number of likely N-dealkylation sites (tertiary alicyclic amines) is 1. The first-order chi connectivity index (χ1) is 13.9. The lowest BCUT2D eigenvalue weighted by Gasteiger charge is -2.26. The Labute approximate surface area is 168 Å². The summed E-state index contributed by atoms with van der Waals surface area (Å²) < 4.78 is 10.7. The lowest BCUT2D eigenvalue weighted by Crippen LogP contribution is -2.32. The molecule has 0 saturated carbocycles. The van der Waals surface area contributed by atoms with E-state index in [4.69, 9.17) is 9.47 Å². The Kier molecular flexibility index (Phi) is 5.89. The number of hydrogen-bond acceptors (Lipinski definition) is 6. The molecule has 2 N–H and O–H groups in total. The number of carbonyl (C=O) groups is 2. The van der Waals surface area contributed by atoms with E-state index >= 15 is 0 Å². The highest BCUT2D eigenvalue weighted by Gasteiger charge is 2.46. The average Bonchev–Trinajstić information content (AvgIpc) is 2.98. The van der Waals surface area contributed by atoms with E-state index in [1.807, 2.05) is 19.1 Å². The smallest absolute Gasteiger partial charge is 0.295 e. The number of ketones is 1. The van der Waals surface area contributed by atoms with Crippen LogP contribution in [0, 0.1) is 6.92 Å². The van der Waals surface area contributed by atoms with Gasteiger partial charge in [0.15, 0.2) is 0 Å². The summed E-state index contributed by atoms with van der Waals surface area (Å²) in [7, 11) is 2.99. The molecule has 1 amide bonds. The van der Waals surface area contributed by atoms with Crippen LogP contribution in [0.4, 0.5) is 0 Å². The SMILES string of the molecule is COc1ccc([C@@H]2C(=C(O)c3ccc(C)cc3)C(=O)C(=O)N2CCO)c(OC)c1. The van der Waals surface area contributed by atoms with Crippen molar-refractivity contribution >= 4 is 17.4 Å². The minimum Gasteiger partial charge on any atom is -0.507 e. The molecule has 1 aliphatic rings. The van der Waals surface area contributed by atoms with Crippen molar-refractivity contribution in [1.29, 1.82) is 0 Å². The van der Waals surface area contributed by atoms with Gasteiger partial charge in [-0.1, -0.05) is 29.8 Å². The molecule has 1 fully saturated rings. The van der Waals surface area contributed by atoms with Crippen molar-refractivity contribution in [3.8, 4) is 11.5 Å². The van der Waals surface area contributed by atoms with Crippen molar-refractivity contribution in [2.24, 2.45) is 0 Å². The van der Waals surface area contributed by atoms with Crippen LogP contribution < -0.4 is 9.47 Å². The van der Waals surface area contributed by atoms with Crippen LogP contribution in [-0.4, -0.2) is 54.2 Å². The van der Waals surface area contributed by atoms with Gasteiger partial charge in [-0.2, -0.15) is 0 Å². The number of Topliss-reactive ketones (excluding diaryl/α,β-unsaturated/α-hetero) is 1. The summed E-state index contributed by atoms with van der Waals surface area (Å²) in [5, 5.41) is 20.4. The number of hydrogen-bond donors (Lipinski definition) is 2.